The van der Waals surface area contributed by atoms with E-state index in [-0.39, 0.29) is 89.8 Å². The quantitative estimate of drug-likeness (QED) is 0.172. The van der Waals surface area contributed by atoms with E-state index in [4.69, 9.17) is 16.6 Å². The van der Waals surface area contributed by atoms with Gasteiger partial charge < -0.3 is 30.1 Å². The minimum Gasteiger partial charge on any atom is -0.504 e. The lowest BCUT2D eigenvalue weighted by Gasteiger charge is -2.43. The predicted molar refractivity (Wildman–Crippen MR) is 203 cm³/mol. The Hall–Kier alpha value is -5.55. The van der Waals surface area contributed by atoms with Crippen molar-refractivity contribution in [2.75, 3.05) is 42.9 Å². The Morgan fingerprint density at radius 2 is 1.73 bits per heavy atom. The molecule has 2 amide bonds. The van der Waals surface area contributed by atoms with Crippen molar-refractivity contribution in [1.29, 1.82) is 0 Å². The zero-order valence-corrected chi connectivity index (χ0v) is 31.7. The molecular weight excluding hydrogens is 753 g/mol. The molecule has 7 rings (SSSR count). The highest BCUT2D eigenvalue weighted by Gasteiger charge is 2.38. The van der Waals surface area contributed by atoms with Crippen LogP contribution in [-0.2, 0) is 29.5 Å². The molecule has 2 aromatic carbocycles. The van der Waals surface area contributed by atoms with Gasteiger partial charge in [0.25, 0.3) is 11.5 Å². The van der Waals surface area contributed by atoms with Crippen LogP contribution in [-0.4, -0.2) is 83.7 Å². The van der Waals surface area contributed by atoms with Gasteiger partial charge in [-0.1, -0.05) is 49.7 Å². The van der Waals surface area contributed by atoms with Crippen molar-refractivity contribution in [2.24, 2.45) is 0 Å². The maximum absolute atomic E-state index is 14.4. The molecule has 0 unspecified atom stereocenters. The third-order valence-corrected chi connectivity index (χ3v) is 10.9. The molecule has 3 aromatic heterocycles. The summed E-state index contributed by atoms with van der Waals surface area (Å²) in [4.78, 5) is 57.4. The van der Waals surface area contributed by atoms with E-state index in [0.29, 0.717) is 11.3 Å². The summed E-state index contributed by atoms with van der Waals surface area (Å²) in [6.45, 7) is 6.76. The van der Waals surface area contributed by atoms with Crippen LogP contribution in [0.3, 0.4) is 0 Å². The van der Waals surface area contributed by atoms with Crippen molar-refractivity contribution in [3.05, 3.63) is 92.4 Å². The zero-order chi connectivity index (χ0) is 39.9. The average Bonchev–Trinajstić information content (AvgIpc) is 3.62. The smallest absolute Gasteiger partial charge is 0.416 e. The molecule has 1 aliphatic heterocycles. The summed E-state index contributed by atoms with van der Waals surface area (Å²) in [5.41, 5.74) is 1.16. The Labute approximate surface area is 324 Å². The first kappa shape index (κ1) is 38.7. The summed E-state index contributed by atoms with van der Waals surface area (Å²) in [5.74, 6) is -1.05. The first-order valence-electron chi connectivity index (χ1n) is 18.3. The predicted octanol–water partition coefficient (Wildman–Crippen LogP) is 5.19. The number of nitrogens with one attached hydrogen (secondary N) is 2. The number of aromatic hydroxyl groups is 1. The molecule has 14 nitrogen and oxygen atoms in total. The fraction of sp³-hybridized carbons (Fsp3) is 0.395. The van der Waals surface area contributed by atoms with Crippen LogP contribution in [0, 0.1) is 6.92 Å². The van der Waals surface area contributed by atoms with Crippen molar-refractivity contribution < 1.29 is 27.9 Å². The molecule has 1 saturated heterocycles. The third kappa shape index (κ3) is 7.16. The number of benzene rings is 2. The molecule has 18 heteroatoms. The average molecular weight is 793 g/mol. The molecule has 56 heavy (non-hydrogen) atoms. The van der Waals surface area contributed by atoms with E-state index in [0.717, 1.165) is 54.1 Å². The highest BCUT2D eigenvalue weighted by molar-refractivity contribution is 6.33. The van der Waals surface area contributed by atoms with Crippen LogP contribution >= 0.6 is 11.6 Å². The van der Waals surface area contributed by atoms with Crippen molar-refractivity contribution in [2.45, 2.75) is 64.7 Å². The second-order valence-corrected chi connectivity index (χ2v) is 14.3. The Bertz CT molecular complexity index is 2370. The van der Waals surface area contributed by atoms with Gasteiger partial charge in [0.2, 0.25) is 11.7 Å². The molecule has 0 radical (unpaired) electrons. The van der Waals surface area contributed by atoms with Crippen molar-refractivity contribution >= 4 is 40.6 Å². The van der Waals surface area contributed by atoms with Gasteiger partial charge in [0.15, 0.2) is 17.3 Å². The first-order chi connectivity index (χ1) is 26.7. The van der Waals surface area contributed by atoms with E-state index >= 15 is 0 Å². The number of aryl methyl sites for hydroxylation is 1. The standard InChI is InChI=1S/C38H40ClF3N10O4/c1-4-28-31(49-15-17-50(18-16-49)34(55)30-32(54)22(3)43-21-44-30)35(56)52-36(51(28)20-29(53)46-27-12-11-25(19-26(27)39)38(40,41)42)47-33(48-52)23-7-9-24(10-8-23)37(45-5-2)13-6-14-37/h7-12,19,21,45,54H,4-6,13-18,20H2,1-3H3,(H,46,53). The van der Waals surface area contributed by atoms with E-state index in [2.05, 4.69) is 32.6 Å². The van der Waals surface area contributed by atoms with Crippen molar-refractivity contribution in [1.82, 2.24) is 39.3 Å². The highest BCUT2D eigenvalue weighted by atomic mass is 35.5. The Balaban J connectivity index is 1.25. The Morgan fingerprint density at radius 1 is 1.02 bits per heavy atom. The van der Waals surface area contributed by atoms with Crippen molar-refractivity contribution in [3.8, 4) is 17.1 Å². The molecule has 294 valence electrons. The Kier molecular flexibility index (Phi) is 10.5. The van der Waals surface area contributed by atoms with E-state index in [1.165, 1.54) is 11.2 Å². The topological polar surface area (TPSA) is 163 Å². The number of hydrogen-bond donors (Lipinski definition) is 3. The van der Waals surface area contributed by atoms with E-state index in [9.17, 15) is 32.7 Å². The van der Waals surface area contributed by atoms with Gasteiger partial charge >= 0.3 is 6.18 Å². The summed E-state index contributed by atoms with van der Waals surface area (Å²) in [6, 6.07) is 10.5. The normalized spacial score (nSPS) is 15.6. The first-order valence-corrected chi connectivity index (χ1v) is 18.7. The number of anilines is 2. The molecule has 4 heterocycles. The summed E-state index contributed by atoms with van der Waals surface area (Å²) < 4.78 is 42.6. The lowest BCUT2D eigenvalue weighted by molar-refractivity contribution is -0.137. The van der Waals surface area contributed by atoms with Gasteiger partial charge in [-0.3, -0.25) is 14.4 Å². The number of alkyl halides is 3. The molecule has 2 aliphatic rings. The molecule has 2 fully saturated rings. The van der Waals surface area contributed by atoms with Crippen LogP contribution in [0.4, 0.5) is 24.5 Å². The third-order valence-electron chi connectivity index (χ3n) is 10.5. The fourth-order valence-electron chi connectivity index (χ4n) is 7.46. The number of piperazine rings is 1. The number of fused-ring (bicyclic) bond motifs is 1. The van der Waals surface area contributed by atoms with Crippen LogP contribution in [0.5, 0.6) is 5.75 Å². The number of halogens is 4. The molecule has 1 saturated carbocycles. The number of carbonyl (C=O) groups excluding carboxylic acids is 2. The van der Waals surface area contributed by atoms with Crippen LogP contribution in [0.15, 0.2) is 53.6 Å². The van der Waals surface area contributed by atoms with Crippen LogP contribution in [0.2, 0.25) is 5.02 Å². The molecule has 1 aliphatic carbocycles. The number of carbonyl (C=O) groups is 2. The monoisotopic (exact) mass is 792 g/mol. The van der Waals surface area contributed by atoms with Gasteiger partial charge in [-0.25, -0.2) is 9.97 Å². The maximum atomic E-state index is 14.4. The summed E-state index contributed by atoms with van der Waals surface area (Å²) in [7, 11) is 0. The largest absolute Gasteiger partial charge is 0.504 e. The van der Waals surface area contributed by atoms with E-state index < -0.39 is 29.1 Å². The summed E-state index contributed by atoms with van der Waals surface area (Å²) in [6.07, 6.45) is 0.0606. The number of hydrogen-bond acceptors (Lipinski definition) is 10. The summed E-state index contributed by atoms with van der Waals surface area (Å²) >= 11 is 6.17. The van der Waals surface area contributed by atoms with Crippen LogP contribution < -0.4 is 21.1 Å². The van der Waals surface area contributed by atoms with Gasteiger partial charge in [0.1, 0.15) is 18.6 Å². The molecule has 3 N–H and O–H groups in total. The Morgan fingerprint density at radius 3 is 2.34 bits per heavy atom. The number of amides is 2. The molecule has 0 atom stereocenters. The molecule has 5 aromatic rings. The molecule has 0 spiro atoms. The minimum absolute atomic E-state index is 0.0187. The highest BCUT2D eigenvalue weighted by Crippen LogP contribution is 2.41. The zero-order valence-electron chi connectivity index (χ0n) is 31.0. The van der Waals surface area contributed by atoms with Gasteiger partial charge in [-0.05, 0) is 62.9 Å². The minimum atomic E-state index is -4.62. The SMILES string of the molecule is CCNC1(c2ccc(-c3nc4n(CC(=O)Nc5ccc(C(F)(F)F)cc5Cl)c(CC)c(N5CCN(C(=O)c6ncnc(C)c6O)CC5)c(=O)n4n3)cc2)CCC1. The van der Waals surface area contributed by atoms with Crippen LogP contribution in [0.25, 0.3) is 17.2 Å². The summed E-state index contributed by atoms with van der Waals surface area (Å²) in [5, 5.41) is 21.0. The van der Waals surface area contributed by atoms with Gasteiger partial charge in [-0.15, -0.1) is 5.10 Å². The van der Waals surface area contributed by atoms with Gasteiger partial charge in [-0.2, -0.15) is 22.7 Å². The molecular formula is C38H40ClF3N10O4. The fourth-order valence-corrected chi connectivity index (χ4v) is 7.69. The van der Waals surface area contributed by atoms with Gasteiger partial charge in [0.05, 0.1) is 27.7 Å². The van der Waals surface area contributed by atoms with Crippen LogP contribution in [0.1, 0.15) is 66.1 Å². The number of nitrogens with zero attached hydrogens (tertiary/aromatic N) is 8. The second-order valence-electron chi connectivity index (χ2n) is 13.9. The lowest BCUT2D eigenvalue weighted by Crippen LogP contribution is -2.51. The maximum Gasteiger partial charge on any atom is 0.416 e. The van der Waals surface area contributed by atoms with E-state index in [1.807, 2.05) is 36.1 Å². The van der Waals surface area contributed by atoms with E-state index in [1.54, 1.807) is 11.5 Å². The number of aromatic nitrogens is 6. The van der Waals surface area contributed by atoms with Gasteiger partial charge in [0, 0.05) is 37.3 Å². The number of rotatable bonds is 10. The second kappa shape index (κ2) is 15.2. The molecule has 0 bridgehead atoms. The van der Waals surface area contributed by atoms with Crippen molar-refractivity contribution in [3.63, 3.8) is 0 Å². The lowest BCUT2D eigenvalue weighted by atomic mass is 9.71.